The summed E-state index contributed by atoms with van der Waals surface area (Å²) < 4.78 is 0. The van der Waals surface area contributed by atoms with Gasteiger partial charge in [0.1, 0.15) is 0 Å². The average Bonchev–Trinajstić information content (AvgIpc) is 2.84. The van der Waals surface area contributed by atoms with Crippen LogP contribution in [0.4, 0.5) is 0 Å². The van der Waals surface area contributed by atoms with Gasteiger partial charge in [0.15, 0.2) is 0 Å². The lowest BCUT2D eigenvalue weighted by atomic mass is 10.0. The van der Waals surface area contributed by atoms with E-state index < -0.39 is 0 Å². The van der Waals surface area contributed by atoms with E-state index in [1.165, 1.54) is 11.1 Å². The maximum Gasteiger partial charge on any atom is 0.253 e. The summed E-state index contributed by atoms with van der Waals surface area (Å²) in [5.74, 6) is 0.127. The summed E-state index contributed by atoms with van der Waals surface area (Å²) in [6, 6.07) is 6.26. The number of carbonyl (C=O) groups is 1. The van der Waals surface area contributed by atoms with E-state index in [4.69, 9.17) is 0 Å². The first-order valence-corrected chi connectivity index (χ1v) is 6.14. The van der Waals surface area contributed by atoms with Gasteiger partial charge in [-0.15, -0.1) is 12.4 Å². The maximum atomic E-state index is 12.3. The number of halogens is 1. The molecule has 100 valence electrons. The maximum absolute atomic E-state index is 12.3. The fourth-order valence-electron chi connectivity index (χ4n) is 2.21. The molecule has 2 rings (SSSR count). The van der Waals surface area contributed by atoms with Crippen LogP contribution in [0.3, 0.4) is 0 Å². The molecule has 1 aliphatic rings. The lowest BCUT2D eigenvalue weighted by Crippen LogP contribution is -2.38. The highest BCUT2D eigenvalue weighted by atomic mass is 35.5. The van der Waals surface area contributed by atoms with Gasteiger partial charge in [-0.25, -0.2) is 0 Å². The van der Waals surface area contributed by atoms with E-state index in [1.807, 2.05) is 37.1 Å². The molecule has 1 saturated heterocycles. The quantitative estimate of drug-likeness (QED) is 0.892. The predicted molar refractivity (Wildman–Crippen MR) is 76.5 cm³/mol. The number of likely N-dealkylation sites (N-methyl/N-ethyl adjacent to an activating group) is 1. The van der Waals surface area contributed by atoms with Crippen LogP contribution in [0, 0.1) is 13.8 Å². The number of amides is 1. The molecule has 4 heteroatoms. The van der Waals surface area contributed by atoms with E-state index in [1.54, 1.807) is 0 Å². The molecule has 1 aromatic rings. The molecule has 1 aliphatic heterocycles. The van der Waals surface area contributed by atoms with Gasteiger partial charge in [0.25, 0.3) is 5.91 Å². The molecule has 0 saturated carbocycles. The second-order valence-corrected chi connectivity index (χ2v) is 4.86. The van der Waals surface area contributed by atoms with E-state index in [0.717, 1.165) is 25.1 Å². The van der Waals surface area contributed by atoms with Gasteiger partial charge in [-0.05, 0) is 50.1 Å². The number of hydrogen-bond donors (Lipinski definition) is 1. The number of aryl methyl sites for hydroxylation is 2. The highest BCUT2D eigenvalue weighted by molar-refractivity contribution is 5.94. The minimum Gasteiger partial charge on any atom is -0.337 e. The first-order chi connectivity index (χ1) is 8.09. The number of nitrogens with zero attached hydrogens (tertiary/aromatic N) is 1. The van der Waals surface area contributed by atoms with Crippen molar-refractivity contribution in [2.45, 2.75) is 26.3 Å². The van der Waals surface area contributed by atoms with Crippen LogP contribution >= 0.6 is 12.4 Å². The third-order valence-electron chi connectivity index (χ3n) is 3.66. The summed E-state index contributed by atoms with van der Waals surface area (Å²) in [5.41, 5.74) is 3.20. The van der Waals surface area contributed by atoms with Crippen molar-refractivity contribution >= 4 is 18.3 Å². The standard InChI is InChI=1S/C14H20N2O.ClH/c1-10-4-5-12(8-11(10)2)14(17)16(3)13-6-7-15-9-13;/h4-5,8,13,15H,6-7,9H2,1-3H3;1H. The molecule has 0 radical (unpaired) electrons. The van der Waals surface area contributed by atoms with Crippen molar-refractivity contribution < 1.29 is 4.79 Å². The molecule has 3 nitrogen and oxygen atoms in total. The summed E-state index contributed by atoms with van der Waals surface area (Å²) >= 11 is 0. The van der Waals surface area contributed by atoms with Gasteiger partial charge in [0.05, 0.1) is 0 Å². The lowest BCUT2D eigenvalue weighted by molar-refractivity contribution is 0.0743. The monoisotopic (exact) mass is 268 g/mol. The summed E-state index contributed by atoms with van der Waals surface area (Å²) in [7, 11) is 1.90. The Morgan fingerprint density at radius 3 is 2.61 bits per heavy atom. The van der Waals surface area contributed by atoms with Crippen LogP contribution < -0.4 is 5.32 Å². The minimum absolute atomic E-state index is 0. The second-order valence-electron chi connectivity index (χ2n) is 4.86. The lowest BCUT2D eigenvalue weighted by Gasteiger charge is -2.24. The highest BCUT2D eigenvalue weighted by Crippen LogP contribution is 2.14. The van der Waals surface area contributed by atoms with Gasteiger partial charge in [-0.2, -0.15) is 0 Å². The number of nitrogens with one attached hydrogen (secondary N) is 1. The van der Waals surface area contributed by atoms with Crippen molar-refractivity contribution in [1.29, 1.82) is 0 Å². The topological polar surface area (TPSA) is 32.3 Å². The van der Waals surface area contributed by atoms with Crippen LogP contribution in [0.1, 0.15) is 27.9 Å². The smallest absolute Gasteiger partial charge is 0.253 e. The van der Waals surface area contributed by atoms with E-state index in [-0.39, 0.29) is 18.3 Å². The molecule has 1 unspecified atom stereocenters. The summed E-state index contributed by atoms with van der Waals surface area (Å²) in [5, 5.41) is 3.29. The van der Waals surface area contributed by atoms with Gasteiger partial charge >= 0.3 is 0 Å². The second kappa shape index (κ2) is 6.21. The Labute approximate surface area is 115 Å². The van der Waals surface area contributed by atoms with Gasteiger partial charge in [-0.3, -0.25) is 4.79 Å². The first-order valence-electron chi connectivity index (χ1n) is 6.14. The Morgan fingerprint density at radius 1 is 1.33 bits per heavy atom. The predicted octanol–water partition coefficient (Wildman–Crippen LogP) is 2.16. The van der Waals surface area contributed by atoms with Gasteiger partial charge < -0.3 is 10.2 Å². The number of rotatable bonds is 2. The molecule has 1 amide bonds. The van der Waals surface area contributed by atoms with Crippen LogP contribution in [-0.2, 0) is 0 Å². The van der Waals surface area contributed by atoms with Crippen LogP contribution in [0.5, 0.6) is 0 Å². The van der Waals surface area contributed by atoms with Crippen LogP contribution in [0.15, 0.2) is 18.2 Å². The molecule has 0 spiro atoms. The zero-order valence-electron chi connectivity index (χ0n) is 11.2. The van der Waals surface area contributed by atoms with Gasteiger partial charge in [0, 0.05) is 25.2 Å². The molecule has 0 aliphatic carbocycles. The van der Waals surface area contributed by atoms with Crippen LogP contribution in [0.25, 0.3) is 0 Å². The Bertz CT molecular complexity index is 428. The Morgan fingerprint density at radius 2 is 2.06 bits per heavy atom. The Kier molecular flexibility index (Phi) is 5.17. The highest BCUT2D eigenvalue weighted by Gasteiger charge is 2.23. The fraction of sp³-hybridized carbons (Fsp3) is 0.500. The van der Waals surface area contributed by atoms with Crippen molar-refractivity contribution in [3.63, 3.8) is 0 Å². The fourth-order valence-corrected chi connectivity index (χ4v) is 2.21. The number of benzene rings is 1. The molecular formula is C14H21ClN2O. The van der Waals surface area contributed by atoms with Crippen molar-refractivity contribution in [2.75, 3.05) is 20.1 Å². The van der Waals surface area contributed by atoms with Crippen LogP contribution in [-0.4, -0.2) is 37.0 Å². The van der Waals surface area contributed by atoms with Crippen molar-refractivity contribution in [3.05, 3.63) is 34.9 Å². The third kappa shape index (κ3) is 3.03. The first kappa shape index (κ1) is 15.0. The molecule has 0 aromatic heterocycles. The Hall–Kier alpha value is -1.06. The number of carbonyl (C=O) groups excluding carboxylic acids is 1. The van der Waals surface area contributed by atoms with Gasteiger partial charge in [0.2, 0.25) is 0 Å². The molecule has 1 heterocycles. The molecule has 1 N–H and O–H groups in total. The molecule has 18 heavy (non-hydrogen) atoms. The largest absolute Gasteiger partial charge is 0.337 e. The number of hydrogen-bond acceptors (Lipinski definition) is 2. The molecular weight excluding hydrogens is 248 g/mol. The van der Waals surface area contributed by atoms with Crippen molar-refractivity contribution in [2.24, 2.45) is 0 Å². The minimum atomic E-state index is 0. The molecule has 1 atom stereocenters. The van der Waals surface area contributed by atoms with Crippen LogP contribution in [0.2, 0.25) is 0 Å². The summed E-state index contributed by atoms with van der Waals surface area (Å²) in [6.07, 6.45) is 1.05. The van der Waals surface area contributed by atoms with E-state index in [2.05, 4.69) is 12.2 Å². The van der Waals surface area contributed by atoms with E-state index in [0.29, 0.717) is 6.04 Å². The average molecular weight is 269 g/mol. The molecule has 1 fully saturated rings. The summed E-state index contributed by atoms with van der Waals surface area (Å²) in [6.45, 7) is 6.03. The Balaban J connectivity index is 0.00000162. The van der Waals surface area contributed by atoms with E-state index >= 15 is 0 Å². The zero-order valence-corrected chi connectivity index (χ0v) is 12.0. The molecule has 1 aromatic carbocycles. The third-order valence-corrected chi connectivity index (χ3v) is 3.66. The van der Waals surface area contributed by atoms with Gasteiger partial charge in [-0.1, -0.05) is 6.07 Å². The normalized spacial score (nSPS) is 18.3. The van der Waals surface area contributed by atoms with E-state index in [9.17, 15) is 4.79 Å². The SMILES string of the molecule is Cc1ccc(C(=O)N(C)C2CCNC2)cc1C.Cl. The molecule has 0 bridgehead atoms. The van der Waals surface area contributed by atoms with Crippen molar-refractivity contribution in [3.8, 4) is 0 Å². The van der Waals surface area contributed by atoms with Crippen molar-refractivity contribution in [1.82, 2.24) is 10.2 Å². The summed E-state index contributed by atoms with van der Waals surface area (Å²) in [4.78, 5) is 14.2. The zero-order chi connectivity index (χ0) is 12.4.